The maximum absolute atomic E-state index is 11.4. The Morgan fingerprint density at radius 3 is 2.29 bits per heavy atom. The lowest BCUT2D eigenvalue weighted by molar-refractivity contribution is 0.154. The van der Waals surface area contributed by atoms with Gasteiger partial charge >= 0.3 is 0 Å². The van der Waals surface area contributed by atoms with Crippen LogP contribution in [0.4, 0.5) is 17.5 Å². The molecule has 1 aliphatic carbocycles. The third-order valence-electron chi connectivity index (χ3n) is 5.16. The molecule has 3 rings (SSSR count). The first kappa shape index (κ1) is 23.8. The van der Waals surface area contributed by atoms with Gasteiger partial charge in [-0.3, -0.25) is 0 Å². The van der Waals surface area contributed by atoms with Crippen LogP contribution in [0.2, 0.25) is 0 Å². The number of benzene rings is 1. The summed E-state index contributed by atoms with van der Waals surface area (Å²) in [5, 5.41) is 33.3. The van der Waals surface area contributed by atoms with Crippen molar-refractivity contribution in [1.82, 2.24) is 15.3 Å². The summed E-state index contributed by atoms with van der Waals surface area (Å²) in [6, 6.07) is 6.26. The average molecular weight is 515 g/mol. The van der Waals surface area contributed by atoms with Gasteiger partial charge in [0.25, 0.3) is 0 Å². The van der Waals surface area contributed by atoms with Crippen molar-refractivity contribution in [3.8, 4) is 0 Å². The van der Waals surface area contributed by atoms with E-state index in [0.29, 0.717) is 17.5 Å². The number of nitrogens with zero attached hydrogens (tertiary/aromatic N) is 2. The number of aromatic nitrogens is 2. The van der Waals surface area contributed by atoms with Gasteiger partial charge in [0.05, 0.1) is 28.6 Å². The highest BCUT2D eigenvalue weighted by Crippen LogP contribution is 2.27. The topological polar surface area (TPSA) is 162 Å². The van der Waals surface area contributed by atoms with Gasteiger partial charge in [-0.05, 0) is 65.9 Å². The van der Waals surface area contributed by atoms with Crippen LogP contribution < -0.4 is 21.1 Å². The standard InChI is InChI=1S/C19H27BrN6O4S/c20-17-9-22-19(25-14-5-7-16(8-6-14)31(21,29)30)26-18(17)24-13-3-1-12(2-4-13)23-15(10-27)11-28/h5-9,12-13,15,23,27-28H,1-4,10-11H2,(H2,21,29,30)(H2,22,24,25,26). The predicted octanol–water partition coefficient (Wildman–Crippen LogP) is 1.30. The number of nitrogens with two attached hydrogens (primary N) is 1. The van der Waals surface area contributed by atoms with E-state index < -0.39 is 10.0 Å². The molecule has 1 aliphatic rings. The van der Waals surface area contributed by atoms with Crippen molar-refractivity contribution < 1.29 is 18.6 Å². The third-order valence-corrected chi connectivity index (χ3v) is 6.67. The number of hydrogen-bond acceptors (Lipinski definition) is 9. The van der Waals surface area contributed by atoms with E-state index in [9.17, 15) is 18.6 Å². The molecule has 0 aliphatic heterocycles. The largest absolute Gasteiger partial charge is 0.395 e. The number of primary sulfonamides is 1. The molecule has 0 amide bonds. The van der Waals surface area contributed by atoms with Crippen LogP contribution in [0.3, 0.4) is 0 Å². The minimum absolute atomic E-state index is 0.0338. The van der Waals surface area contributed by atoms with Gasteiger partial charge in [0.1, 0.15) is 5.82 Å². The van der Waals surface area contributed by atoms with Crippen LogP contribution in [-0.4, -0.2) is 59.9 Å². The summed E-state index contributed by atoms with van der Waals surface area (Å²) in [5.41, 5.74) is 0.634. The normalized spacial score (nSPS) is 19.4. The second-order valence-corrected chi connectivity index (χ2v) is 9.92. The summed E-state index contributed by atoms with van der Waals surface area (Å²) >= 11 is 3.47. The zero-order valence-corrected chi connectivity index (χ0v) is 19.2. The number of aliphatic hydroxyl groups excluding tert-OH is 2. The summed E-state index contributed by atoms with van der Waals surface area (Å²) in [5.74, 6) is 1.04. The van der Waals surface area contributed by atoms with Gasteiger partial charge in [0, 0.05) is 24.0 Å². The molecule has 0 radical (unpaired) electrons. The van der Waals surface area contributed by atoms with Gasteiger partial charge in [-0.2, -0.15) is 4.98 Å². The first-order chi connectivity index (χ1) is 14.8. The van der Waals surface area contributed by atoms with E-state index in [1.165, 1.54) is 12.1 Å². The zero-order chi connectivity index (χ0) is 22.4. The van der Waals surface area contributed by atoms with E-state index in [1.807, 2.05) is 0 Å². The van der Waals surface area contributed by atoms with Crippen molar-refractivity contribution in [3.63, 3.8) is 0 Å². The Labute approximate surface area is 189 Å². The van der Waals surface area contributed by atoms with Crippen LogP contribution in [0.1, 0.15) is 25.7 Å². The molecule has 12 heteroatoms. The highest BCUT2D eigenvalue weighted by Gasteiger charge is 2.23. The van der Waals surface area contributed by atoms with Crippen molar-refractivity contribution in [2.24, 2.45) is 5.14 Å². The Morgan fingerprint density at radius 2 is 1.71 bits per heavy atom. The van der Waals surface area contributed by atoms with Gasteiger partial charge in [0.2, 0.25) is 16.0 Å². The molecule has 7 N–H and O–H groups in total. The van der Waals surface area contributed by atoms with Crippen molar-refractivity contribution in [2.45, 2.75) is 48.7 Å². The molecule has 2 aromatic rings. The molecule has 1 saturated carbocycles. The van der Waals surface area contributed by atoms with Crippen molar-refractivity contribution in [1.29, 1.82) is 0 Å². The van der Waals surface area contributed by atoms with Crippen LogP contribution in [0.5, 0.6) is 0 Å². The molecule has 1 heterocycles. The van der Waals surface area contributed by atoms with Crippen molar-refractivity contribution in [2.75, 3.05) is 23.8 Å². The van der Waals surface area contributed by atoms with Crippen LogP contribution in [0.15, 0.2) is 39.8 Å². The summed E-state index contributed by atoms with van der Waals surface area (Å²) in [4.78, 5) is 8.81. The molecule has 0 saturated heterocycles. The Kier molecular flexibility index (Phi) is 8.19. The Hall–Kier alpha value is -1.83. The third kappa shape index (κ3) is 6.82. The fourth-order valence-electron chi connectivity index (χ4n) is 3.48. The second-order valence-electron chi connectivity index (χ2n) is 7.51. The summed E-state index contributed by atoms with van der Waals surface area (Å²) in [7, 11) is -3.74. The molecule has 1 fully saturated rings. The molecule has 0 unspecified atom stereocenters. The quantitative estimate of drug-likeness (QED) is 0.289. The van der Waals surface area contributed by atoms with Crippen LogP contribution in [0.25, 0.3) is 0 Å². The first-order valence-corrected chi connectivity index (χ1v) is 12.3. The molecule has 0 atom stereocenters. The number of rotatable bonds is 9. The molecule has 0 spiro atoms. The van der Waals surface area contributed by atoms with E-state index in [-0.39, 0.29) is 36.2 Å². The molecular weight excluding hydrogens is 488 g/mol. The zero-order valence-electron chi connectivity index (χ0n) is 16.8. The van der Waals surface area contributed by atoms with E-state index >= 15 is 0 Å². The number of halogens is 1. The number of nitrogens with one attached hydrogen (secondary N) is 3. The van der Waals surface area contributed by atoms with Crippen LogP contribution in [-0.2, 0) is 10.0 Å². The van der Waals surface area contributed by atoms with Gasteiger partial charge in [-0.15, -0.1) is 0 Å². The maximum atomic E-state index is 11.4. The lowest BCUT2D eigenvalue weighted by Crippen LogP contribution is -2.45. The number of hydrogen-bond donors (Lipinski definition) is 6. The summed E-state index contributed by atoms with van der Waals surface area (Å²) in [6.07, 6.45) is 5.36. The van der Waals surface area contributed by atoms with Crippen LogP contribution >= 0.6 is 15.9 Å². The first-order valence-electron chi connectivity index (χ1n) is 9.95. The molecule has 10 nitrogen and oxygen atoms in total. The van der Waals surface area contributed by atoms with Gasteiger partial charge in [-0.1, -0.05) is 0 Å². The molecule has 0 bridgehead atoms. The number of aliphatic hydroxyl groups is 2. The SMILES string of the molecule is NS(=O)(=O)c1ccc(Nc2ncc(Br)c(NC3CCC(NC(CO)CO)CC3)n2)cc1. The lowest BCUT2D eigenvalue weighted by atomic mass is 9.90. The molecule has 31 heavy (non-hydrogen) atoms. The van der Waals surface area contributed by atoms with Crippen LogP contribution in [0, 0.1) is 0 Å². The van der Waals surface area contributed by atoms with Crippen molar-refractivity contribution >= 4 is 43.4 Å². The smallest absolute Gasteiger partial charge is 0.238 e. The van der Waals surface area contributed by atoms with E-state index in [2.05, 4.69) is 41.8 Å². The van der Waals surface area contributed by atoms with E-state index in [1.54, 1.807) is 18.3 Å². The molecular formula is C19H27BrN6O4S. The van der Waals surface area contributed by atoms with Gasteiger partial charge in [-0.25, -0.2) is 18.5 Å². The summed E-state index contributed by atoms with van der Waals surface area (Å²) < 4.78 is 23.5. The highest BCUT2D eigenvalue weighted by atomic mass is 79.9. The lowest BCUT2D eigenvalue weighted by Gasteiger charge is -2.32. The van der Waals surface area contributed by atoms with E-state index in [0.717, 1.165) is 30.2 Å². The second kappa shape index (κ2) is 10.7. The summed E-state index contributed by atoms with van der Waals surface area (Å²) in [6.45, 7) is -0.161. The minimum atomic E-state index is -3.74. The number of sulfonamides is 1. The predicted molar refractivity (Wildman–Crippen MR) is 122 cm³/mol. The van der Waals surface area contributed by atoms with Gasteiger partial charge < -0.3 is 26.2 Å². The molecule has 1 aromatic carbocycles. The maximum Gasteiger partial charge on any atom is 0.238 e. The fraction of sp³-hybridized carbons (Fsp3) is 0.474. The Bertz CT molecular complexity index is 964. The Balaban J connectivity index is 1.59. The Morgan fingerprint density at radius 1 is 1.10 bits per heavy atom. The number of anilines is 3. The monoisotopic (exact) mass is 514 g/mol. The average Bonchev–Trinajstić information content (AvgIpc) is 2.75. The van der Waals surface area contributed by atoms with E-state index in [4.69, 9.17) is 5.14 Å². The molecule has 170 valence electrons. The highest BCUT2D eigenvalue weighted by molar-refractivity contribution is 9.10. The van der Waals surface area contributed by atoms with Crippen molar-refractivity contribution in [3.05, 3.63) is 34.9 Å². The fourth-order valence-corrected chi connectivity index (χ4v) is 4.30. The minimum Gasteiger partial charge on any atom is -0.395 e. The molecule has 1 aromatic heterocycles. The van der Waals surface area contributed by atoms with Gasteiger partial charge in [0.15, 0.2) is 0 Å².